The molecule has 0 fully saturated rings. The maximum Gasteiger partial charge on any atom is 0.196 e. The van der Waals surface area contributed by atoms with Gasteiger partial charge >= 0.3 is 0 Å². The number of benzene rings is 2. The van der Waals surface area contributed by atoms with Crippen molar-refractivity contribution in [2.45, 2.75) is 6.10 Å². The van der Waals surface area contributed by atoms with Crippen LogP contribution < -0.4 is 9.47 Å². The van der Waals surface area contributed by atoms with Gasteiger partial charge in [-0.05, 0) is 17.7 Å². The van der Waals surface area contributed by atoms with Gasteiger partial charge in [0.15, 0.2) is 17.3 Å². The number of rotatable bonds is 6. The molecule has 110 valence electrons. The molecule has 0 amide bonds. The van der Waals surface area contributed by atoms with Gasteiger partial charge in [0.1, 0.15) is 6.10 Å². The minimum absolute atomic E-state index is 0.0923. The van der Waals surface area contributed by atoms with Crippen molar-refractivity contribution in [3.05, 3.63) is 59.7 Å². The van der Waals surface area contributed by atoms with E-state index >= 15 is 0 Å². The van der Waals surface area contributed by atoms with Crippen molar-refractivity contribution in [2.24, 2.45) is 0 Å². The van der Waals surface area contributed by atoms with E-state index in [1.54, 1.807) is 44.6 Å². The van der Waals surface area contributed by atoms with Crippen LogP contribution in [0.5, 0.6) is 11.5 Å². The van der Waals surface area contributed by atoms with E-state index in [0.717, 1.165) is 5.56 Å². The Hall–Kier alpha value is -2.33. The monoisotopic (exact) mass is 286 g/mol. The minimum atomic E-state index is -0.674. The first-order valence-corrected chi connectivity index (χ1v) is 6.55. The van der Waals surface area contributed by atoms with E-state index in [-0.39, 0.29) is 5.78 Å². The molecule has 0 aliphatic heterocycles. The van der Waals surface area contributed by atoms with Gasteiger partial charge in [0.25, 0.3) is 0 Å². The summed E-state index contributed by atoms with van der Waals surface area (Å²) in [6.07, 6.45) is -0.674. The van der Waals surface area contributed by atoms with Crippen LogP contribution in [0.4, 0.5) is 0 Å². The molecule has 2 aromatic rings. The highest BCUT2D eigenvalue weighted by Gasteiger charge is 2.22. The molecular weight excluding hydrogens is 268 g/mol. The van der Waals surface area contributed by atoms with Gasteiger partial charge in [-0.15, -0.1) is 0 Å². The van der Waals surface area contributed by atoms with Crippen molar-refractivity contribution in [2.75, 3.05) is 21.3 Å². The Morgan fingerprint density at radius 1 is 0.905 bits per heavy atom. The first-order chi connectivity index (χ1) is 10.2. The van der Waals surface area contributed by atoms with Gasteiger partial charge in [0.05, 0.1) is 14.2 Å². The molecule has 0 saturated heterocycles. The molecule has 21 heavy (non-hydrogen) atoms. The number of methoxy groups -OCH3 is 3. The van der Waals surface area contributed by atoms with Gasteiger partial charge in [0, 0.05) is 12.7 Å². The molecule has 0 bridgehead atoms. The Morgan fingerprint density at radius 3 is 2.14 bits per heavy atom. The van der Waals surface area contributed by atoms with E-state index in [1.165, 1.54) is 7.11 Å². The molecule has 4 heteroatoms. The zero-order chi connectivity index (χ0) is 15.2. The molecule has 0 aliphatic carbocycles. The highest BCUT2D eigenvalue weighted by Crippen LogP contribution is 2.32. The number of ketones is 1. The molecule has 2 aromatic carbocycles. The Bertz CT molecular complexity index is 607. The zero-order valence-electron chi connectivity index (χ0n) is 12.3. The predicted octanol–water partition coefficient (Wildman–Crippen LogP) is 3.27. The van der Waals surface area contributed by atoms with Crippen LogP contribution in [0, 0.1) is 0 Å². The van der Waals surface area contributed by atoms with Crippen LogP contribution in [-0.2, 0) is 4.74 Å². The van der Waals surface area contributed by atoms with Crippen LogP contribution in [-0.4, -0.2) is 27.1 Å². The fourth-order valence-corrected chi connectivity index (χ4v) is 2.16. The summed E-state index contributed by atoms with van der Waals surface area (Å²) >= 11 is 0. The summed E-state index contributed by atoms with van der Waals surface area (Å²) in [5.74, 6) is 1.09. The van der Waals surface area contributed by atoms with Crippen molar-refractivity contribution in [3.63, 3.8) is 0 Å². The van der Waals surface area contributed by atoms with Crippen molar-refractivity contribution in [1.82, 2.24) is 0 Å². The Morgan fingerprint density at radius 2 is 1.57 bits per heavy atom. The van der Waals surface area contributed by atoms with Crippen LogP contribution in [0.1, 0.15) is 22.0 Å². The molecule has 0 spiro atoms. The average Bonchev–Trinajstić information content (AvgIpc) is 2.56. The molecule has 1 unspecified atom stereocenters. The molecule has 2 rings (SSSR count). The molecule has 1 atom stereocenters. The van der Waals surface area contributed by atoms with E-state index in [2.05, 4.69) is 0 Å². The second-order valence-electron chi connectivity index (χ2n) is 4.46. The van der Waals surface area contributed by atoms with Crippen molar-refractivity contribution < 1.29 is 19.0 Å². The number of ether oxygens (including phenoxy) is 3. The summed E-state index contributed by atoms with van der Waals surface area (Å²) in [5, 5.41) is 0. The average molecular weight is 286 g/mol. The van der Waals surface area contributed by atoms with Gasteiger partial charge < -0.3 is 14.2 Å². The van der Waals surface area contributed by atoms with Crippen LogP contribution >= 0.6 is 0 Å². The van der Waals surface area contributed by atoms with Crippen LogP contribution in [0.2, 0.25) is 0 Å². The quantitative estimate of drug-likeness (QED) is 0.764. The van der Waals surface area contributed by atoms with Gasteiger partial charge in [-0.1, -0.05) is 36.4 Å². The third-order valence-corrected chi connectivity index (χ3v) is 3.24. The SMILES string of the molecule is COc1ccc(C(OC)C(=O)c2ccccc2)cc1OC. The molecule has 0 radical (unpaired) electrons. The predicted molar refractivity (Wildman–Crippen MR) is 80.1 cm³/mol. The van der Waals surface area contributed by atoms with Crippen LogP contribution in [0.15, 0.2) is 48.5 Å². The summed E-state index contributed by atoms with van der Waals surface area (Å²) < 4.78 is 15.8. The minimum Gasteiger partial charge on any atom is -0.493 e. The Kier molecular flexibility index (Phi) is 4.95. The summed E-state index contributed by atoms with van der Waals surface area (Å²) in [4.78, 5) is 12.5. The van der Waals surface area contributed by atoms with E-state index in [1.807, 2.05) is 18.2 Å². The van der Waals surface area contributed by atoms with Crippen molar-refractivity contribution in [1.29, 1.82) is 0 Å². The molecule has 0 heterocycles. The number of carbonyl (C=O) groups is 1. The van der Waals surface area contributed by atoms with Gasteiger partial charge in [-0.25, -0.2) is 0 Å². The van der Waals surface area contributed by atoms with E-state index in [0.29, 0.717) is 17.1 Å². The van der Waals surface area contributed by atoms with Crippen LogP contribution in [0.25, 0.3) is 0 Å². The second kappa shape index (κ2) is 6.90. The standard InChI is InChI=1S/C17H18O4/c1-19-14-10-9-13(11-15(14)20-2)17(21-3)16(18)12-7-5-4-6-8-12/h4-11,17H,1-3H3. The fraction of sp³-hybridized carbons (Fsp3) is 0.235. The summed E-state index contributed by atoms with van der Waals surface area (Å²) in [6.45, 7) is 0. The summed E-state index contributed by atoms with van der Waals surface area (Å²) in [7, 11) is 4.64. The van der Waals surface area contributed by atoms with Gasteiger partial charge in [-0.3, -0.25) is 4.79 Å². The van der Waals surface area contributed by atoms with E-state index < -0.39 is 6.10 Å². The highest BCUT2D eigenvalue weighted by molar-refractivity contribution is 6.00. The summed E-state index contributed by atoms with van der Waals surface area (Å²) in [6, 6.07) is 14.4. The lowest BCUT2D eigenvalue weighted by Crippen LogP contribution is -2.15. The zero-order valence-corrected chi connectivity index (χ0v) is 12.3. The molecule has 0 N–H and O–H groups in total. The molecule has 0 aliphatic rings. The lowest BCUT2D eigenvalue weighted by Gasteiger charge is -2.16. The lowest BCUT2D eigenvalue weighted by molar-refractivity contribution is 0.0603. The lowest BCUT2D eigenvalue weighted by atomic mass is 9.99. The molecule has 4 nitrogen and oxygen atoms in total. The number of hydrogen-bond acceptors (Lipinski definition) is 4. The first-order valence-electron chi connectivity index (χ1n) is 6.55. The molecule has 0 saturated carbocycles. The van der Waals surface area contributed by atoms with E-state index in [9.17, 15) is 4.79 Å². The summed E-state index contributed by atoms with van der Waals surface area (Å²) in [5.41, 5.74) is 1.34. The van der Waals surface area contributed by atoms with Crippen molar-refractivity contribution >= 4 is 5.78 Å². The largest absolute Gasteiger partial charge is 0.493 e. The topological polar surface area (TPSA) is 44.8 Å². The van der Waals surface area contributed by atoms with E-state index in [4.69, 9.17) is 14.2 Å². The highest BCUT2D eigenvalue weighted by atomic mass is 16.5. The second-order valence-corrected chi connectivity index (χ2v) is 4.46. The van der Waals surface area contributed by atoms with Crippen LogP contribution in [0.3, 0.4) is 0 Å². The van der Waals surface area contributed by atoms with Crippen molar-refractivity contribution in [3.8, 4) is 11.5 Å². The third kappa shape index (κ3) is 3.23. The normalized spacial score (nSPS) is 11.8. The van der Waals surface area contributed by atoms with Gasteiger partial charge in [0.2, 0.25) is 0 Å². The number of Topliss-reactive ketones (excluding diaryl/α,β-unsaturated/α-hetero) is 1. The fourth-order valence-electron chi connectivity index (χ4n) is 2.16. The smallest absolute Gasteiger partial charge is 0.196 e. The number of hydrogen-bond donors (Lipinski definition) is 0. The first kappa shape index (κ1) is 15.1. The Balaban J connectivity index is 2.35. The molecular formula is C17H18O4. The van der Waals surface area contributed by atoms with Gasteiger partial charge in [-0.2, -0.15) is 0 Å². The third-order valence-electron chi connectivity index (χ3n) is 3.24. The maximum absolute atomic E-state index is 12.5. The Labute approximate surface area is 124 Å². The maximum atomic E-state index is 12.5. The number of carbonyl (C=O) groups excluding carboxylic acids is 1. The molecule has 0 aromatic heterocycles.